The van der Waals surface area contributed by atoms with E-state index in [-0.39, 0.29) is 6.61 Å². The van der Waals surface area contributed by atoms with Gasteiger partial charge in [-0.1, -0.05) is 11.6 Å². The van der Waals surface area contributed by atoms with Crippen molar-refractivity contribution in [1.82, 2.24) is 19.6 Å². The van der Waals surface area contributed by atoms with Crippen LogP contribution < -0.4 is 0 Å². The van der Waals surface area contributed by atoms with E-state index in [4.69, 9.17) is 5.11 Å². The Bertz CT molecular complexity index is 726. The van der Waals surface area contributed by atoms with Crippen LogP contribution in [0.5, 0.6) is 0 Å². The molecule has 0 aliphatic heterocycles. The fraction of sp³-hybridized carbons (Fsp3) is 0.286. The lowest BCUT2D eigenvalue weighted by Crippen LogP contribution is -2.03. The maximum atomic E-state index is 9.14. The normalized spacial score (nSPS) is 11.3. The van der Waals surface area contributed by atoms with Gasteiger partial charge in [0.05, 0.1) is 24.9 Å². The molecule has 98 valence electrons. The van der Waals surface area contributed by atoms with E-state index >= 15 is 0 Å². The average molecular weight is 256 g/mol. The third kappa shape index (κ3) is 2.02. The molecule has 1 aromatic carbocycles. The fourth-order valence-electron chi connectivity index (χ4n) is 2.31. The van der Waals surface area contributed by atoms with Gasteiger partial charge >= 0.3 is 0 Å². The van der Waals surface area contributed by atoms with Crippen molar-refractivity contribution in [2.75, 3.05) is 6.61 Å². The molecule has 0 fully saturated rings. The Hall–Kier alpha value is -2.14. The van der Waals surface area contributed by atoms with Gasteiger partial charge in [-0.3, -0.25) is 9.36 Å². The molecule has 2 heterocycles. The molecule has 2 aromatic heterocycles. The summed E-state index contributed by atoms with van der Waals surface area (Å²) in [4.78, 5) is 0. The quantitative estimate of drug-likeness (QED) is 0.776. The highest BCUT2D eigenvalue weighted by molar-refractivity contribution is 5.93. The van der Waals surface area contributed by atoms with Gasteiger partial charge in [-0.05, 0) is 19.1 Å². The van der Waals surface area contributed by atoms with Crippen LogP contribution in [0.2, 0.25) is 0 Å². The molecule has 0 atom stereocenters. The van der Waals surface area contributed by atoms with E-state index in [2.05, 4.69) is 29.3 Å². The number of fused-ring (bicyclic) bond motifs is 1. The molecule has 0 amide bonds. The summed E-state index contributed by atoms with van der Waals surface area (Å²) in [6, 6.07) is 6.23. The predicted molar refractivity (Wildman–Crippen MR) is 73.8 cm³/mol. The number of benzene rings is 1. The Morgan fingerprint density at radius 3 is 2.84 bits per heavy atom. The summed E-state index contributed by atoms with van der Waals surface area (Å²) < 4.78 is 3.61. The number of hydrogen-bond acceptors (Lipinski definition) is 3. The third-order valence-electron chi connectivity index (χ3n) is 3.20. The largest absolute Gasteiger partial charge is 0.394 e. The average Bonchev–Trinajstić information content (AvgIpc) is 2.94. The second kappa shape index (κ2) is 4.51. The van der Waals surface area contributed by atoms with Gasteiger partial charge in [0.1, 0.15) is 5.69 Å². The molecule has 5 nitrogen and oxygen atoms in total. The Kier molecular flexibility index (Phi) is 2.83. The zero-order chi connectivity index (χ0) is 13.4. The van der Waals surface area contributed by atoms with Crippen LogP contribution in [0.3, 0.4) is 0 Å². The number of rotatable bonds is 3. The van der Waals surface area contributed by atoms with Gasteiger partial charge in [-0.2, -0.15) is 10.2 Å². The molecule has 5 heteroatoms. The van der Waals surface area contributed by atoms with Crippen LogP contribution >= 0.6 is 0 Å². The minimum Gasteiger partial charge on any atom is -0.394 e. The number of aliphatic hydroxyl groups excluding tert-OH is 1. The van der Waals surface area contributed by atoms with Crippen molar-refractivity contribution in [3.05, 3.63) is 36.2 Å². The summed E-state index contributed by atoms with van der Waals surface area (Å²) in [5.41, 5.74) is 4.15. The fourth-order valence-corrected chi connectivity index (χ4v) is 2.31. The monoisotopic (exact) mass is 256 g/mol. The first kappa shape index (κ1) is 11.9. The number of nitrogens with zero attached hydrogens (tertiary/aromatic N) is 4. The minimum atomic E-state index is 0.0805. The molecule has 0 aliphatic rings. The number of aliphatic hydroxyl groups is 1. The van der Waals surface area contributed by atoms with Crippen LogP contribution in [-0.4, -0.2) is 31.3 Å². The number of aromatic nitrogens is 4. The Morgan fingerprint density at radius 1 is 1.32 bits per heavy atom. The topological polar surface area (TPSA) is 55.9 Å². The van der Waals surface area contributed by atoms with Crippen molar-refractivity contribution in [2.24, 2.45) is 7.05 Å². The molecule has 1 N–H and O–H groups in total. The molecule has 0 saturated carbocycles. The highest BCUT2D eigenvalue weighted by atomic mass is 16.3. The van der Waals surface area contributed by atoms with E-state index in [1.807, 2.05) is 30.2 Å². The first-order valence-electron chi connectivity index (χ1n) is 6.26. The molecule has 0 aliphatic carbocycles. The van der Waals surface area contributed by atoms with Gasteiger partial charge < -0.3 is 5.11 Å². The predicted octanol–water partition coefficient (Wildman–Crippen LogP) is 1.74. The summed E-state index contributed by atoms with van der Waals surface area (Å²) in [6.45, 7) is 2.65. The molecule has 0 saturated heterocycles. The smallest absolute Gasteiger partial charge is 0.103 e. The van der Waals surface area contributed by atoms with E-state index in [9.17, 15) is 0 Å². The molecule has 0 radical (unpaired) electrons. The Balaban J connectivity index is 2.25. The molecule has 19 heavy (non-hydrogen) atoms. The van der Waals surface area contributed by atoms with Crippen LogP contribution in [0.4, 0.5) is 0 Å². The van der Waals surface area contributed by atoms with Crippen LogP contribution in [0.25, 0.3) is 22.2 Å². The van der Waals surface area contributed by atoms with E-state index in [1.165, 1.54) is 5.56 Å². The van der Waals surface area contributed by atoms with Crippen molar-refractivity contribution in [3.63, 3.8) is 0 Å². The van der Waals surface area contributed by atoms with E-state index in [0.29, 0.717) is 6.54 Å². The van der Waals surface area contributed by atoms with Gasteiger partial charge in [-0.15, -0.1) is 0 Å². The van der Waals surface area contributed by atoms with Gasteiger partial charge in [0, 0.05) is 24.2 Å². The molecule has 0 unspecified atom stereocenters. The molecule has 3 aromatic rings. The standard InChI is InChI=1S/C14H16N4O/c1-10-3-4-13-12(7-10)14(16-18(13)5-6-19)11-8-15-17(2)9-11/h3-4,7-9,19H,5-6H2,1-2H3. The number of hydrogen-bond donors (Lipinski definition) is 1. The zero-order valence-electron chi connectivity index (χ0n) is 11.0. The second-order valence-corrected chi connectivity index (χ2v) is 4.72. The molecule has 0 bridgehead atoms. The SMILES string of the molecule is Cc1ccc2c(c1)c(-c1cnn(C)c1)nn2CCO. The summed E-state index contributed by atoms with van der Waals surface area (Å²) >= 11 is 0. The lowest BCUT2D eigenvalue weighted by Gasteiger charge is -1.99. The van der Waals surface area contributed by atoms with E-state index in [1.54, 1.807) is 4.68 Å². The summed E-state index contributed by atoms with van der Waals surface area (Å²) in [5.74, 6) is 0. The first-order valence-corrected chi connectivity index (χ1v) is 6.26. The van der Waals surface area contributed by atoms with Gasteiger partial charge in [0.15, 0.2) is 0 Å². The molecule has 3 rings (SSSR count). The highest BCUT2D eigenvalue weighted by Gasteiger charge is 2.13. The third-order valence-corrected chi connectivity index (χ3v) is 3.20. The van der Waals surface area contributed by atoms with Crippen LogP contribution in [0, 0.1) is 6.92 Å². The highest BCUT2D eigenvalue weighted by Crippen LogP contribution is 2.28. The van der Waals surface area contributed by atoms with Gasteiger partial charge in [0.25, 0.3) is 0 Å². The van der Waals surface area contributed by atoms with Crippen molar-refractivity contribution in [1.29, 1.82) is 0 Å². The lowest BCUT2D eigenvalue weighted by atomic mass is 10.1. The van der Waals surface area contributed by atoms with Crippen molar-refractivity contribution >= 4 is 10.9 Å². The minimum absolute atomic E-state index is 0.0805. The van der Waals surface area contributed by atoms with E-state index < -0.39 is 0 Å². The van der Waals surface area contributed by atoms with Crippen molar-refractivity contribution in [2.45, 2.75) is 13.5 Å². The maximum Gasteiger partial charge on any atom is 0.103 e. The van der Waals surface area contributed by atoms with Crippen LogP contribution in [0.1, 0.15) is 5.56 Å². The van der Waals surface area contributed by atoms with Crippen LogP contribution in [0.15, 0.2) is 30.6 Å². The van der Waals surface area contributed by atoms with Gasteiger partial charge in [0.2, 0.25) is 0 Å². The zero-order valence-corrected chi connectivity index (χ0v) is 11.0. The Morgan fingerprint density at radius 2 is 2.16 bits per heavy atom. The molecule has 0 spiro atoms. The second-order valence-electron chi connectivity index (χ2n) is 4.72. The van der Waals surface area contributed by atoms with Crippen LogP contribution in [-0.2, 0) is 13.6 Å². The maximum absolute atomic E-state index is 9.14. The summed E-state index contributed by atoms with van der Waals surface area (Å²) in [6.07, 6.45) is 3.76. The summed E-state index contributed by atoms with van der Waals surface area (Å²) in [5, 5.41) is 19.0. The first-order chi connectivity index (χ1) is 9.19. The Labute approximate surface area is 111 Å². The van der Waals surface area contributed by atoms with Crippen molar-refractivity contribution < 1.29 is 5.11 Å². The van der Waals surface area contributed by atoms with Gasteiger partial charge in [-0.25, -0.2) is 0 Å². The number of aryl methyl sites for hydroxylation is 2. The van der Waals surface area contributed by atoms with Crippen molar-refractivity contribution in [3.8, 4) is 11.3 Å². The molecular weight excluding hydrogens is 240 g/mol. The molecular formula is C14H16N4O. The van der Waals surface area contributed by atoms with E-state index in [0.717, 1.165) is 22.2 Å². The lowest BCUT2D eigenvalue weighted by molar-refractivity contribution is 0.272. The summed E-state index contributed by atoms with van der Waals surface area (Å²) in [7, 11) is 1.89.